The molecule has 1 aromatic rings. The van der Waals surface area contributed by atoms with Crippen molar-refractivity contribution in [3.05, 3.63) is 30.1 Å². The Labute approximate surface area is 156 Å². The van der Waals surface area contributed by atoms with E-state index in [1.165, 1.54) is 18.4 Å². The highest BCUT2D eigenvalue weighted by Gasteiger charge is 2.09. The second-order valence-electron chi connectivity index (χ2n) is 6.48. The van der Waals surface area contributed by atoms with Crippen molar-refractivity contribution in [1.82, 2.24) is 10.6 Å². The van der Waals surface area contributed by atoms with E-state index < -0.39 is 9.84 Å². The smallest absolute Gasteiger partial charge is 0.191 e. The van der Waals surface area contributed by atoms with Gasteiger partial charge >= 0.3 is 0 Å². The summed E-state index contributed by atoms with van der Waals surface area (Å²) in [6.07, 6.45) is 2.60. The lowest BCUT2D eigenvalue weighted by Crippen LogP contribution is -2.43. The summed E-state index contributed by atoms with van der Waals surface area (Å²) in [5.41, 5.74) is 0.841. The van der Waals surface area contributed by atoms with Crippen LogP contribution in [0.4, 0.5) is 10.1 Å². The SMILES string of the molecule is CCNC(=NCCCN(C)c1cccc(F)c1)NC(C)CCS(C)(=O)=O. The van der Waals surface area contributed by atoms with E-state index in [9.17, 15) is 12.8 Å². The van der Waals surface area contributed by atoms with E-state index in [1.54, 1.807) is 6.07 Å². The highest BCUT2D eigenvalue weighted by atomic mass is 32.2. The molecule has 1 aromatic carbocycles. The molecule has 26 heavy (non-hydrogen) atoms. The van der Waals surface area contributed by atoms with E-state index in [0.29, 0.717) is 18.9 Å². The molecule has 2 N–H and O–H groups in total. The summed E-state index contributed by atoms with van der Waals surface area (Å²) < 4.78 is 35.8. The first-order valence-corrected chi connectivity index (χ1v) is 11.0. The third-order valence-electron chi connectivity index (χ3n) is 3.82. The first-order chi connectivity index (χ1) is 12.2. The van der Waals surface area contributed by atoms with E-state index in [4.69, 9.17) is 0 Å². The molecule has 0 aliphatic carbocycles. The zero-order valence-electron chi connectivity index (χ0n) is 16.1. The summed E-state index contributed by atoms with van der Waals surface area (Å²) in [6, 6.07) is 6.53. The number of sulfone groups is 1. The number of benzene rings is 1. The quantitative estimate of drug-likeness (QED) is 0.366. The van der Waals surface area contributed by atoms with Crippen molar-refractivity contribution in [2.24, 2.45) is 4.99 Å². The van der Waals surface area contributed by atoms with Gasteiger partial charge in [0.2, 0.25) is 0 Å². The summed E-state index contributed by atoms with van der Waals surface area (Å²) in [5, 5.41) is 6.39. The van der Waals surface area contributed by atoms with Crippen molar-refractivity contribution in [3.63, 3.8) is 0 Å². The largest absolute Gasteiger partial charge is 0.374 e. The zero-order chi connectivity index (χ0) is 19.6. The van der Waals surface area contributed by atoms with Crippen molar-refractivity contribution >= 4 is 21.5 Å². The molecule has 0 aliphatic heterocycles. The molecule has 6 nitrogen and oxygen atoms in total. The minimum Gasteiger partial charge on any atom is -0.374 e. The third-order valence-corrected chi connectivity index (χ3v) is 4.80. The monoisotopic (exact) mass is 386 g/mol. The Morgan fingerprint density at radius 3 is 2.73 bits per heavy atom. The second kappa shape index (κ2) is 11.0. The molecule has 0 saturated heterocycles. The highest BCUT2D eigenvalue weighted by Crippen LogP contribution is 2.13. The van der Waals surface area contributed by atoms with Crippen LogP contribution in [-0.2, 0) is 9.84 Å². The molecule has 8 heteroatoms. The average molecular weight is 387 g/mol. The Morgan fingerprint density at radius 2 is 2.12 bits per heavy atom. The predicted molar refractivity (Wildman–Crippen MR) is 107 cm³/mol. The fourth-order valence-corrected chi connectivity index (χ4v) is 3.14. The summed E-state index contributed by atoms with van der Waals surface area (Å²) in [4.78, 5) is 6.52. The molecule has 0 spiro atoms. The number of guanidine groups is 1. The number of nitrogens with one attached hydrogen (secondary N) is 2. The van der Waals surface area contributed by atoms with E-state index in [-0.39, 0.29) is 17.6 Å². The van der Waals surface area contributed by atoms with Gasteiger partial charge in [0.25, 0.3) is 0 Å². The molecule has 0 amide bonds. The third kappa shape index (κ3) is 9.60. The van der Waals surface area contributed by atoms with Gasteiger partial charge in [-0.1, -0.05) is 6.07 Å². The maximum absolute atomic E-state index is 13.3. The number of rotatable bonds is 10. The number of hydrogen-bond acceptors (Lipinski definition) is 4. The topological polar surface area (TPSA) is 73.8 Å². The summed E-state index contributed by atoms with van der Waals surface area (Å²) in [5.74, 6) is 0.593. The van der Waals surface area contributed by atoms with Crippen LogP contribution in [0.5, 0.6) is 0 Å². The van der Waals surface area contributed by atoms with Gasteiger partial charge in [0.15, 0.2) is 5.96 Å². The van der Waals surface area contributed by atoms with Gasteiger partial charge < -0.3 is 15.5 Å². The molecule has 1 atom stereocenters. The predicted octanol–water partition coefficient (Wildman–Crippen LogP) is 2.03. The van der Waals surface area contributed by atoms with Gasteiger partial charge in [-0.15, -0.1) is 0 Å². The molecular formula is C18H31FN4O2S. The van der Waals surface area contributed by atoms with Gasteiger partial charge in [-0.25, -0.2) is 12.8 Å². The molecule has 0 aromatic heterocycles. The van der Waals surface area contributed by atoms with Crippen LogP contribution >= 0.6 is 0 Å². The summed E-state index contributed by atoms with van der Waals surface area (Å²) in [6.45, 7) is 6.03. The normalized spacial score (nSPS) is 13.3. The van der Waals surface area contributed by atoms with Crippen LogP contribution in [0.15, 0.2) is 29.3 Å². The van der Waals surface area contributed by atoms with Crippen LogP contribution in [0.3, 0.4) is 0 Å². The number of halogens is 1. The van der Waals surface area contributed by atoms with Gasteiger partial charge in [0, 0.05) is 44.7 Å². The van der Waals surface area contributed by atoms with Gasteiger partial charge in [0.05, 0.1) is 5.75 Å². The maximum Gasteiger partial charge on any atom is 0.191 e. The van der Waals surface area contributed by atoms with Gasteiger partial charge in [-0.3, -0.25) is 4.99 Å². The summed E-state index contributed by atoms with van der Waals surface area (Å²) >= 11 is 0. The number of aliphatic imine (C=N–C) groups is 1. The molecule has 0 heterocycles. The fraction of sp³-hybridized carbons (Fsp3) is 0.611. The van der Waals surface area contributed by atoms with E-state index in [0.717, 1.165) is 25.2 Å². The van der Waals surface area contributed by atoms with Crippen LogP contribution in [0.1, 0.15) is 26.7 Å². The van der Waals surface area contributed by atoms with Crippen molar-refractivity contribution in [1.29, 1.82) is 0 Å². The Bertz CT molecular complexity index is 680. The van der Waals surface area contributed by atoms with Gasteiger partial charge in [0.1, 0.15) is 15.7 Å². The van der Waals surface area contributed by atoms with Crippen LogP contribution in [0.2, 0.25) is 0 Å². The Kier molecular flexibility index (Phi) is 9.40. The van der Waals surface area contributed by atoms with E-state index >= 15 is 0 Å². The lowest BCUT2D eigenvalue weighted by molar-refractivity contribution is 0.581. The molecule has 0 radical (unpaired) electrons. The maximum atomic E-state index is 13.3. The van der Waals surface area contributed by atoms with E-state index in [1.807, 2.05) is 31.9 Å². The average Bonchev–Trinajstić information content (AvgIpc) is 2.56. The van der Waals surface area contributed by atoms with Gasteiger partial charge in [-0.05, 0) is 44.9 Å². The van der Waals surface area contributed by atoms with Crippen LogP contribution in [0, 0.1) is 5.82 Å². The minimum absolute atomic E-state index is 0.0116. The van der Waals surface area contributed by atoms with Crippen LogP contribution in [-0.4, -0.2) is 59.1 Å². The first kappa shape index (κ1) is 22.2. The minimum atomic E-state index is -2.96. The van der Waals surface area contributed by atoms with E-state index in [2.05, 4.69) is 15.6 Å². The number of nitrogens with zero attached hydrogens (tertiary/aromatic N) is 2. The lowest BCUT2D eigenvalue weighted by Gasteiger charge is -2.19. The molecule has 0 saturated carbocycles. The molecular weight excluding hydrogens is 355 g/mol. The van der Waals surface area contributed by atoms with Crippen molar-refractivity contribution in [3.8, 4) is 0 Å². The highest BCUT2D eigenvalue weighted by molar-refractivity contribution is 7.90. The van der Waals surface area contributed by atoms with Crippen molar-refractivity contribution in [2.75, 3.05) is 43.6 Å². The lowest BCUT2D eigenvalue weighted by atomic mass is 10.2. The standard InChI is InChI=1S/C18H31FN4O2S/c1-5-20-18(22-15(2)10-13-26(4,24)25)21-11-7-12-23(3)17-9-6-8-16(19)14-17/h6,8-9,14-15H,5,7,10-13H2,1-4H3,(H2,20,21,22). The number of hydrogen-bond donors (Lipinski definition) is 2. The Balaban J connectivity index is 2.45. The molecule has 0 fully saturated rings. The molecule has 1 rings (SSSR count). The van der Waals surface area contributed by atoms with Crippen LogP contribution < -0.4 is 15.5 Å². The Morgan fingerprint density at radius 1 is 1.38 bits per heavy atom. The van der Waals surface area contributed by atoms with Crippen molar-refractivity contribution < 1.29 is 12.8 Å². The van der Waals surface area contributed by atoms with Gasteiger partial charge in [-0.2, -0.15) is 0 Å². The fourth-order valence-electron chi connectivity index (χ4n) is 2.36. The summed E-state index contributed by atoms with van der Waals surface area (Å²) in [7, 11) is -1.03. The van der Waals surface area contributed by atoms with Crippen molar-refractivity contribution in [2.45, 2.75) is 32.7 Å². The molecule has 148 valence electrons. The Hall–Kier alpha value is -1.83. The molecule has 0 aliphatic rings. The zero-order valence-corrected chi connectivity index (χ0v) is 16.9. The first-order valence-electron chi connectivity index (χ1n) is 8.90. The molecule has 1 unspecified atom stereocenters. The second-order valence-corrected chi connectivity index (χ2v) is 8.74. The number of anilines is 1. The molecule has 0 bridgehead atoms. The van der Waals surface area contributed by atoms with Crippen LogP contribution in [0.25, 0.3) is 0 Å².